The molecule has 3 rings (SSSR count). The molecule has 0 spiro atoms. The summed E-state index contributed by atoms with van der Waals surface area (Å²) in [6.07, 6.45) is 1.06. The van der Waals surface area contributed by atoms with Gasteiger partial charge in [-0.05, 0) is 70.0 Å². The van der Waals surface area contributed by atoms with Crippen molar-refractivity contribution in [3.8, 4) is 0 Å². The molecule has 168 valence electrons. The lowest BCUT2D eigenvalue weighted by Gasteiger charge is -2.33. The smallest absolute Gasteiger partial charge is 0.381 e. The molecule has 4 nitrogen and oxygen atoms in total. The second kappa shape index (κ2) is 9.95. The van der Waals surface area contributed by atoms with Crippen molar-refractivity contribution in [3.05, 3.63) is 96.6 Å². The first-order valence-electron chi connectivity index (χ1n) is 10.8. The summed E-state index contributed by atoms with van der Waals surface area (Å²) in [5.41, 5.74) is -1.58. The standard InChI is InChI=1S/C27H32O4P/c1-26(2,29)19-20-27(3,30)21-32(23-15-9-5-10-16-23,24-17-11-6-12-18-24)31-25(28)22-13-7-4-8-14-22/h4-18,29-30H,19-21H2,1-3H3/q+1. The van der Waals surface area contributed by atoms with Gasteiger partial charge in [0.05, 0.1) is 16.8 Å². The first-order chi connectivity index (χ1) is 15.1. The fraction of sp³-hybridized carbons (Fsp3) is 0.296. The van der Waals surface area contributed by atoms with Crippen LogP contribution in [0.2, 0.25) is 0 Å². The summed E-state index contributed by atoms with van der Waals surface area (Å²) in [5, 5.41) is 23.4. The highest BCUT2D eigenvalue weighted by molar-refractivity contribution is 7.85. The van der Waals surface area contributed by atoms with Crippen LogP contribution in [0, 0.1) is 0 Å². The minimum atomic E-state index is -2.81. The summed E-state index contributed by atoms with van der Waals surface area (Å²) in [4.78, 5) is 13.3. The van der Waals surface area contributed by atoms with Gasteiger partial charge in [0.1, 0.15) is 16.8 Å². The number of hydrogen-bond donors (Lipinski definition) is 2. The molecular formula is C27H32O4P+. The molecule has 32 heavy (non-hydrogen) atoms. The van der Waals surface area contributed by atoms with E-state index < -0.39 is 24.7 Å². The summed E-state index contributed by atoms with van der Waals surface area (Å²) in [7, 11) is -2.81. The predicted octanol–water partition coefficient (Wildman–Crippen LogP) is 4.73. The Hall–Kier alpha value is -2.52. The highest BCUT2D eigenvalue weighted by Gasteiger charge is 2.53. The third kappa shape index (κ3) is 6.26. The molecular weight excluding hydrogens is 419 g/mol. The Labute approximate surface area is 191 Å². The van der Waals surface area contributed by atoms with E-state index in [2.05, 4.69) is 0 Å². The fourth-order valence-corrected chi connectivity index (χ4v) is 7.46. The Balaban J connectivity index is 2.10. The Morgan fingerprint density at radius 2 is 1.19 bits per heavy atom. The Morgan fingerprint density at radius 1 is 0.750 bits per heavy atom. The second-order valence-corrected chi connectivity index (χ2v) is 12.1. The zero-order chi connectivity index (χ0) is 23.2. The van der Waals surface area contributed by atoms with Gasteiger partial charge in [0.25, 0.3) is 7.49 Å². The lowest BCUT2D eigenvalue weighted by Crippen LogP contribution is -2.40. The SMILES string of the molecule is CC(C)(O)CCC(C)(O)C[P+](OC(=O)c1ccccc1)(c1ccccc1)c1ccccc1. The van der Waals surface area contributed by atoms with E-state index in [1.807, 2.05) is 66.7 Å². The number of carbonyl (C=O) groups is 1. The van der Waals surface area contributed by atoms with Crippen LogP contribution in [-0.4, -0.2) is 33.5 Å². The van der Waals surface area contributed by atoms with Crippen LogP contribution in [0.15, 0.2) is 91.0 Å². The maximum Gasteiger partial charge on any atom is 0.381 e. The lowest BCUT2D eigenvalue weighted by molar-refractivity contribution is 0.0178. The zero-order valence-corrected chi connectivity index (χ0v) is 19.8. The van der Waals surface area contributed by atoms with Gasteiger partial charge in [-0.15, -0.1) is 0 Å². The van der Waals surface area contributed by atoms with Gasteiger partial charge < -0.3 is 10.2 Å². The van der Waals surface area contributed by atoms with Gasteiger partial charge in [-0.25, -0.2) is 4.79 Å². The van der Waals surface area contributed by atoms with Crippen molar-refractivity contribution >= 4 is 24.1 Å². The van der Waals surface area contributed by atoms with E-state index in [0.29, 0.717) is 18.4 Å². The summed E-state index contributed by atoms with van der Waals surface area (Å²) >= 11 is 0. The summed E-state index contributed by atoms with van der Waals surface area (Å²) < 4.78 is 6.41. The topological polar surface area (TPSA) is 66.8 Å². The molecule has 5 heteroatoms. The molecule has 0 aliphatic carbocycles. The molecule has 2 N–H and O–H groups in total. The van der Waals surface area contributed by atoms with Crippen LogP contribution < -0.4 is 10.6 Å². The molecule has 0 aliphatic rings. The molecule has 0 amide bonds. The normalized spacial score (nSPS) is 13.9. The van der Waals surface area contributed by atoms with E-state index in [9.17, 15) is 15.0 Å². The number of rotatable bonds is 9. The number of aliphatic hydroxyl groups is 2. The van der Waals surface area contributed by atoms with Crippen LogP contribution in [0.4, 0.5) is 0 Å². The molecule has 3 aromatic carbocycles. The molecule has 0 bridgehead atoms. The fourth-order valence-electron chi connectivity index (χ4n) is 3.71. The summed E-state index contributed by atoms with van der Waals surface area (Å²) in [6, 6.07) is 28.3. The molecule has 0 saturated heterocycles. The van der Waals surface area contributed by atoms with E-state index in [1.165, 1.54) is 0 Å². The highest BCUT2D eigenvalue weighted by Crippen LogP contribution is 2.60. The average molecular weight is 452 g/mol. The zero-order valence-electron chi connectivity index (χ0n) is 18.9. The second-order valence-electron chi connectivity index (χ2n) is 9.12. The quantitative estimate of drug-likeness (QED) is 0.462. The highest BCUT2D eigenvalue weighted by atomic mass is 31.2. The maximum atomic E-state index is 13.3. The van der Waals surface area contributed by atoms with Gasteiger partial charge in [-0.2, -0.15) is 0 Å². The molecule has 0 radical (unpaired) electrons. The van der Waals surface area contributed by atoms with Crippen LogP contribution >= 0.6 is 7.49 Å². The van der Waals surface area contributed by atoms with Crippen molar-refractivity contribution in [1.29, 1.82) is 0 Å². The van der Waals surface area contributed by atoms with Crippen LogP contribution in [0.3, 0.4) is 0 Å². The van der Waals surface area contributed by atoms with Gasteiger partial charge in [0.15, 0.2) is 0 Å². The van der Waals surface area contributed by atoms with Crippen LogP contribution in [0.5, 0.6) is 0 Å². The summed E-state index contributed by atoms with van der Waals surface area (Å²) in [5.74, 6) is -0.412. The number of hydrogen-bond acceptors (Lipinski definition) is 4. The molecule has 0 saturated carbocycles. The molecule has 1 unspecified atom stereocenters. The third-order valence-electron chi connectivity index (χ3n) is 5.43. The lowest BCUT2D eigenvalue weighted by atomic mass is 9.94. The Kier molecular flexibility index (Phi) is 7.51. The van der Waals surface area contributed by atoms with Crippen LogP contribution in [0.25, 0.3) is 0 Å². The van der Waals surface area contributed by atoms with Gasteiger partial charge in [-0.3, -0.25) is 4.52 Å². The third-order valence-corrected chi connectivity index (χ3v) is 9.30. The molecule has 1 atom stereocenters. The van der Waals surface area contributed by atoms with Gasteiger partial charge in [0, 0.05) is 0 Å². The van der Waals surface area contributed by atoms with E-state index in [1.54, 1.807) is 45.0 Å². The monoisotopic (exact) mass is 451 g/mol. The average Bonchev–Trinajstić information content (AvgIpc) is 2.78. The van der Waals surface area contributed by atoms with Crippen LogP contribution in [-0.2, 0) is 4.52 Å². The Morgan fingerprint density at radius 3 is 1.62 bits per heavy atom. The number of carbonyl (C=O) groups excluding carboxylic acids is 1. The van der Waals surface area contributed by atoms with E-state index in [-0.39, 0.29) is 6.16 Å². The first-order valence-corrected chi connectivity index (χ1v) is 12.7. The maximum absolute atomic E-state index is 13.3. The van der Waals surface area contributed by atoms with Crippen molar-refractivity contribution in [2.75, 3.05) is 6.16 Å². The molecule has 0 fully saturated rings. The van der Waals surface area contributed by atoms with Crippen molar-refractivity contribution in [2.45, 2.75) is 44.8 Å². The van der Waals surface area contributed by atoms with E-state index >= 15 is 0 Å². The van der Waals surface area contributed by atoms with Crippen molar-refractivity contribution in [1.82, 2.24) is 0 Å². The minimum Gasteiger partial charge on any atom is -0.390 e. The molecule has 0 aromatic heterocycles. The molecule has 0 aliphatic heterocycles. The predicted molar refractivity (Wildman–Crippen MR) is 132 cm³/mol. The van der Waals surface area contributed by atoms with Gasteiger partial charge in [-0.1, -0.05) is 54.6 Å². The minimum absolute atomic E-state index is 0.253. The van der Waals surface area contributed by atoms with E-state index in [0.717, 1.165) is 10.6 Å². The summed E-state index contributed by atoms with van der Waals surface area (Å²) in [6.45, 7) is 5.22. The van der Waals surface area contributed by atoms with E-state index in [4.69, 9.17) is 4.52 Å². The molecule has 0 heterocycles. The van der Waals surface area contributed by atoms with Gasteiger partial charge in [0.2, 0.25) is 0 Å². The number of benzene rings is 3. The van der Waals surface area contributed by atoms with Crippen molar-refractivity contribution < 1.29 is 19.5 Å². The van der Waals surface area contributed by atoms with Crippen LogP contribution in [0.1, 0.15) is 44.0 Å². The Bertz CT molecular complexity index is 957. The van der Waals surface area contributed by atoms with Crippen molar-refractivity contribution in [2.24, 2.45) is 0 Å². The largest absolute Gasteiger partial charge is 0.390 e. The molecule has 3 aromatic rings. The van der Waals surface area contributed by atoms with Crippen molar-refractivity contribution in [3.63, 3.8) is 0 Å². The van der Waals surface area contributed by atoms with Gasteiger partial charge >= 0.3 is 5.97 Å². The first kappa shape index (κ1) is 24.1.